The fourth-order valence-electron chi connectivity index (χ4n) is 4.81. The van der Waals surface area contributed by atoms with Crippen molar-refractivity contribution in [2.45, 2.75) is 82.7 Å². The summed E-state index contributed by atoms with van der Waals surface area (Å²) in [5, 5.41) is 18.9. The first-order valence-corrected chi connectivity index (χ1v) is 15.4. The van der Waals surface area contributed by atoms with Crippen LogP contribution in [0.15, 0.2) is 12.3 Å². The number of aryl methyl sites for hydroxylation is 1. The average Bonchev–Trinajstić information content (AvgIpc) is 3.20. The number of carbonyl (C=O) groups is 1. The third-order valence-corrected chi connectivity index (χ3v) is 9.16. The number of nitrogens with zero attached hydrogens (tertiary/aromatic N) is 3. The first-order chi connectivity index (χ1) is 19.4. The number of ether oxygens (including phenoxy) is 1. The summed E-state index contributed by atoms with van der Waals surface area (Å²) in [6.07, 6.45) is -1.79. The summed E-state index contributed by atoms with van der Waals surface area (Å²) in [5.41, 5.74) is -1.84. The van der Waals surface area contributed by atoms with E-state index in [0.29, 0.717) is 0 Å². The van der Waals surface area contributed by atoms with E-state index in [2.05, 4.69) is 25.5 Å². The molecule has 0 aliphatic heterocycles. The number of amides is 1. The minimum atomic E-state index is -4.65. The van der Waals surface area contributed by atoms with Gasteiger partial charge in [-0.25, -0.2) is 13.4 Å². The summed E-state index contributed by atoms with van der Waals surface area (Å²) in [7, 11) is -3.26. The molecule has 2 aromatic rings. The molecule has 1 aliphatic carbocycles. The topological polar surface area (TPSA) is 135 Å². The van der Waals surface area contributed by atoms with Crippen LogP contribution in [-0.2, 0) is 16.4 Å². The van der Waals surface area contributed by atoms with Crippen LogP contribution < -0.4 is 15.4 Å². The summed E-state index contributed by atoms with van der Waals surface area (Å²) < 4.78 is 96.5. The number of nitrogens with one attached hydrogen (secondary N) is 2. The zero-order valence-corrected chi connectivity index (χ0v) is 24.9. The molecule has 0 saturated heterocycles. The Balaban J connectivity index is 1.89. The lowest BCUT2D eigenvalue weighted by molar-refractivity contribution is -0.150. The number of anilines is 1. The average molecular weight is 646 g/mol. The third kappa shape index (κ3) is 8.01. The minimum absolute atomic E-state index is 0.0392. The molecule has 0 spiro atoms. The molecule has 1 amide bonds. The SMILES string of the molecule is CCn1nc(C(=O)NCC2(O)CCC(S(C)(=O)=O)CC2)c(Cl)c1-c1cnc(N[C@@H](C(C)C)C(F)(F)F)cc1OC(F)F. The number of hydrogen-bond acceptors (Lipinski definition) is 8. The molecule has 3 rings (SSSR count). The van der Waals surface area contributed by atoms with Crippen LogP contribution in [0.5, 0.6) is 5.75 Å². The predicted molar refractivity (Wildman–Crippen MR) is 145 cm³/mol. The third-order valence-electron chi connectivity index (χ3n) is 7.12. The monoisotopic (exact) mass is 645 g/mol. The van der Waals surface area contributed by atoms with Crippen molar-refractivity contribution in [2.75, 3.05) is 18.1 Å². The second kappa shape index (κ2) is 12.9. The van der Waals surface area contributed by atoms with Crippen molar-refractivity contribution in [3.05, 3.63) is 23.0 Å². The van der Waals surface area contributed by atoms with E-state index in [1.807, 2.05) is 0 Å². The van der Waals surface area contributed by atoms with Gasteiger partial charge in [-0.2, -0.15) is 27.1 Å². The molecule has 0 radical (unpaired) electrons. The van der Waals surface area contributed by atoms with Gasteiger partial charge in [0.25, 0.3) is 5.91 Å². The van der Waals surface area contributed by atoms with Crippen molar-refractivity contribution in [3.8, 4) is 17.0 Å². The molecule has 0 unspecified atom stereocenters. The maximum atomic E-state index is 13.5. The summed E-state index contributed by atoms with van der Waals surface area (Å²) in [6.45, 7) is 0.843. The van der Waals surface area contributed by atoms with E-state index in [9.17, 15) is 40.3 Å². The highest BCUT2D eigenvalue weighted by Crippen LogP contribution is 2.39. The van der Waals surface area contributed by atoms with Crippen molar-refractivity contribution in [1.82, 2.24) is 20.1 Å². The number of alkyl halides is 5. The van der Waals surface area contributed by atoms with Crippen LogP contribution in [0.25, 0.3) is 11.3 Å². The number of rotatable bonds is 11. The molecule has 1 atom stereocenters. The predicted octanol–water partition coefficient (Wildman–Crippen LogP) is 4.67. The lowest BCUT2D eigenvalue weighted by Gasteiger charge is -2.35. The standard InChI is InChI=1S/C25H33ClF5N5O5S/c1-5-36-20(15-11-32-17(10-16(15)41-23(27)28)34-21(13(2)3)25(29,30)31)18(26)19(35-36)22(37)33-12-24(38)8-6-14(7-9-24)42(4,39)40/h10-11,13-14,21,23,38H,5-9,12H2,1-4H3,(H,32,34)(H,33,37)/t14?,21-,24?/m0/s1. The van der Waals surface area contributed by atoms with Gasteiger partial charge >= 0.3 is 12.8 Å². The van der Waals surface area contributed by atoms with Gasteiger partial charge in [-0.05, 0) is 38.5 Å². The van der Waals surface area contributed by atoms with E-state index in [4.69, 9.17) is 11.6 Å². The Labute approximate surface area is 244 Å². The van der Waals surface area contributed by atoms with Gasteiger partial charge in [0.05, 0.1) is 27.1 Å². The van der Waals surface area contributed by atoms with Crippen LogP contribution >= 0.6 is 11.6 Å². The van der Waals surface area contributed by atoms with E-state index in [1.54, 1.807) is 6.92 Å². The molecule has 17 heteroatoms. The van der Waals surface area contributed by atoms with E-state index >= 15 is 0 Å². The molecule has 0 bridgehead atoms. The molecule has 10 nitrogen and oxygen atoms in total. The Morgan fingerprint density at radius 3 is 2.40 bits per heavy atom. The lowest BCUT2D eigenvalue weighted by Crippen LogP contribution is -2.47. The smallest absolute Gasteiger partial charge is 0.408 e. The second-order valence-corrected chi connectivity index (χ2v) is 13.3. The largest absolute Gasteiger partial charge is 0.434 e. The van der Waals surface area contributed by atoms with Crippen LogP contribution in [0.3, 0.4) is 0 Å². The van der Waals surface area contributed by atoms with Crippen molar-refractivity contribution in [1.29, 1.82) is 0 Å². The van der Waals surface area contributed by atoms with Crippen molar-refractivity contribution < 1.29 is 45.0 Å². The van der Waals surface area contributed by atoms with Crippen LogP contribution in [0, 0.1) is 5.92 Å². The van der Waals surface area contributed by atoms with E-state index in [-0.39, 0.29) is 66.6 Å². The maximum Gasteiger partial charge on any atom is 0.408 e. The van der Waals surface area contributed by atoms with Crippen molar-refractivity contribution in [3.63, 3.8) is 0 Å². The molecule has 236 valence electrons. The number of aromatic nitrogens is 3. The van der Waals surface area contributed by atoms with Gasteiger partial charge in [0.2, 0.25) is 0 Å². The Morgan fingerprint density at radius 1 is 1.29 bits per heavy atom. The zero-order chi connectivity index (χ0) is 31.6. The second-order valence-electron chi connectivity index (χ2n) is 10.6. The first kappa shape index (κ1) is 33.8. The van der Waals surface area contributed by atoms with Gasteiger partial charge in [-0.3, -0.25) is 9.48 Å². The van der Waals surface area contributed by atoms with E-state index < -0.39 is 57.1 Å². The number of aliphatic hydroxyl groups is 1. The lowest BCUT2D eigenvalue weighted by atomic mass is 9.84. The van der Waals surface area contributed by atoms with Gasteiger partial charge in [-0.1, -0.05) is 25.4 Å². The molecular formula is C25H33ClF5N5O5S. The first-order valence-electron chi connectivity index (χ1n) is 13.1. The van der Waals surface area contributed by atoms with E-state index in [0.717, 1.165) is 18.5 Å². The van der Waals surface area contributed by atoms with Crippen LogP contribution in [0.1, 0.15) is 56.9 Å². The van der Waals surface area contributed by atoms with Crippen LogP contribution in [-0.4, -0.2) is 76.7 Å². The van der Waals surface area contributed by atoms with Crippen molar-refractivity contribution in [2.24, 2.45) is 5.92 Å². The van der Waals surface area contributed by atoms with Crippen molar-refractivity contribution >= 4 is 33.2 Å². The quantitative estimate of drug-likeness (QED) is 0.300. The van der Waals surface area contributed by atoms with Gasteiger partial charge < -0.3 is 20.5 Å². The summed E-state index contributed by atoms with van der Waals surface area (Å²) in [6, 6.07) is -1.14. The van der Waals surface area contributed by atoms with Crippen LogP contribution in [0.2, 0.25) is 5.02 Å². The molecular weight excluding hydrogens is 613 g/mol. The molecule has 3 N–H and O–H groups in total. The highest BCUT2D eigenvalue weighted by molar-refractivity contribution is 7.91. The Hall–Kier alpha value is -2.72. The number of halogens is 6. The van der Waals surface area contributed by atoms with Gasteiger partial charge in [-0.15, -0.1) is 0 Å². The van der Waals surface area contributed by atoms with Gasteiger partial charge in [0.15, 0.2) is 5.69 Å². The fraction of sp³-hybridized carbons (Fsp3) is 0.640. The highest BCUT2D eigenvalue weighted by Gasteiger charge is 2.42. The number of carbonyl (C=O) groups excluding carboxylic acids is 1. The molecule has 1 fully saturated rings. The maximum absolute atomic E-state index is 13.5. The number of hydrogen-bond donors (Lipinski definition) is 3. The Bertz CT molecular complexity index is 1380. The number of sulfone groups is 1. The van der Waals surface area contributed by atoms with Crippen LogP contribution in [0.4, 0.5) is 27.8 Å². The Morgan fingerprint density at radius 2 is 1.90 bits per heavy atom. The normalized spacial score (nSPS) is 20.5. The molecule has 1 aliphatic rings. The molecule has 2 aromatic heterocycles. The molecule has 2 heterocycles. The van der Waals surface area contributed by atoms with Gasteiger partial charge in [0.1, 0.15) is 27.4 Å². The minimum Gasteiger partial charge on any atom is -0.434 e. The molecule has 42 heavy (non-hydrogen) atoms. The zero-order valence-electron chi connectivity index (χ0n) is 23.3. The van der Waals surface area contributed by atoms with E-state index in [1.165, 1.54) is 18.5 Å². The summed E-state index contributed by atoms with van der Waals surface area (Å²) in [4.78, 5) is 17.0. The fourth-order valence-corrected chi connectivity index (χ4v) is 6.22. The number of pyridine rings is 1. The summed E-state index contributed by atoms with van der Waals surface area (Å²) >= 11 is 6.49. The summed E-state index contributed by atoms with van der Waals surface area (Å²) in [5.74, 6) is -2.62. The highest BCUT2D eigenvalue weighted by atomic mass is 35.5. The molecule has 1 saturated carbocycles. The Kier molecular flexibility index (Phi) is 10.4. The molecule has 0 aromatic carbocycles. The van der Waals surface area contributed by atoms with Gasteiger partial charge in [0, 0.05) is 31.6 Å².